The Morgan fingerprint density at radius 2 is 2.13 bits per heavy atom. The number of carbonyl (C=O) groups excluding carboxylic acids is 2. The third kappa shape index (κ3) is 5.77. The molecule has 1 aromatic heterocycles. The van der Waals surface area contributed by atoms with Gasteiger partial charge in [-0.2, -0.15) is 0 Å². The molecule has 0 saturated heterocycles. The number of anilines is 1. The molecule has 3 atom stereocenters. The van der Waals surface area contributed by atoms with E-state index in [1.165, 1.54) is 18.6 Å². The van der Waals surface area contributed by atoms with Crippen molar-refractivity contribution >= 4 is 17.5 Å². The minimum Gasteiger partial charge on any atom is -0.491 e. The van der Waals surface area contributed by atoms with Crippen LogP contribution >= 0.6 is 0 Å². The summed E-state index contributed by atoms with van der Waals surface area (Å²) in [7, 11) is 3.39. The van der Waals surface area contributed by atoms with Crippen molar-refractivity contribution in [2.45, 2.75) is 26.0 Å². The van der Waals surface area contributed by atoms with E-state index < -0.39 is 5.91 Å². The van der Waals surface area contributed by atoms with Crippen molar-refractivity contribution in [1.82, 2.24) is 20.2 Å². The lowest BCUT2D eigenvalue weighted by Gasteiger charge is -2.30. The van der Waals surface area contributed by atoms with Crippen LogP contribution in [0.1, 0.15) is 34.7 Å². The average Bonchev–Trinajstić information content (AvgIpc) is 2.79. The summed E-state index contributed by atoms with van der Waals surface area (Å²) in [6.45, 7) is 5.71. The number of benzene rings is 1. The molecule has 0 fully saturated rings. The van der Waals surface area contributed by atoms with E-state index in [0.29, 0.717) is 30.2 Å². The smallest absolute Gasteiger partial charge is 0.275 e. The van der Waals surface area contributed by atoms with Gasteiger partial charge in [0.15, 0.2) is 0 Å². The molecule has 2 heterocycles. The van der Waals surface area contributed by atoms with Crippen molar-refractivity contribution in [2.75, 3.05) is 39.2 Å². The van der Waals surface area contributed by atoms with Crippen LogP contribution in [0.5, 0.6) is 5.75 Å². The van der Waals surface area contributed by atoms with E-state index in [1.54, 1.807) is 37.3 Å². The maximum absolute atomic E-state index is 13.2. The van der Waals surface area contributed by atoms with Crippen molar-refractivity contribution < 1.29 is 19.1 Å². The van der Waals surface area contributed by atoms with Gasteiger partial charge in [-0.15, -0.1) is 0 Å². The topological polar surface area (TPSA) is 106 Å². The van der Waals surface area contributed by atoms with Crippen LogP contribution < -0.4 is 15.4 Å². The fraction of sp³-hybridized carbons (Fsp3) is 0.455. The maximum atomic E-state index is 13.2. The van der Waals surface area contributed by atoms with E-state index in [2.05, 4.69) is 27.5 Å². The Morgan fingerprint density at radius 1 is 1.32 bits per heavy atom. The van der Waals surface area contributed by atoms with Crippen LogP contribution in [0.2, 0.25) is 0 Å². The molecular formula is C22H29N5O4. The van der Waals surface area contributed by atoms with Gasteiger partial charge in [-0.25, -0.2) is 4.98 Å². The SMILES string of the molecule is CO[C@@H]1CN(C)C(=O)c2cc(NC(=O)c3cnccn3)ccc2OC[C@H](C)NC[C@@H]1C. The number of carbonyl (C=O) groups is 2. The van der Waals surface area contributed by atoms with E-state index in [4.69, 9.17) is 9.47 Å². The number of methoxy groups -OCH3 is 1. The van der Waals surface area contributed by atoms with Crippen LogP contribution in [-0.4, -0.2) is 72.7 Å². The minimum atomic E-state index is -0.408. The normalized spacial score (nSPS) is 22.5. The predicted molar refractivity (Wildman–Crippen MR) is 116 cm³/mol. The molecule has 9 nitrogen and oxygen atoms in total. The summed E-state index contributed by atoms with van der Waals surface area (Å²) in [5.41, 5.74) is 1.02. The first-order valence-corrected chi connectivity index (χ1v) is 10.2. The maximum Gasteiger partial charge on any atom is 0.275 e. The van der Waals surface area contributed by atoms with Crippen LogP contribution in [0, 0.1) is 5.92 Å². The third-order valence-electron chi connectivity index (χ3n) is 5.28. The Labute approximate surface area is 182 Å². The Bertz CT molecular complexity index is 908. The lowest BCUT2D eigenvalue weighted by molar-refractivity contribution is 0.0281. The lowest BCUT2D eigenvalue weighted by Crippen LogP contribution is -2.44. The molecule has 2 N–H and O–H groups in total. The van der Waals surface area contributed by atoms with Gasteiger partial charge in [0, 0.05) is 51.4 Å². The number of nitrogens with one attached hydrogen (secondary N) is 2. The molecule has 1 aliphatic heterocycles. The second kappa shape index (κ2) is 10.3. The van der Waals surface area contributed by atoms with Gasteiger partial charge in [0.2, 0.25) is 0 Å². The van der Waals surface area contributed by atoms with Crippen molar-refractivity contribution in [2.24, 2.45) is 5.92 Å². The van der Waals surface area contributed by atoms with Gasteiger partial charge >= 0.3 is 0 Å². The zero-order chi connectivity index (χ0) is 22.4. The molecule has 0 bridgehead atoms. The number of hydrogen-bond donors (Lipinski definition) is 2. The first-order chi connectivity index (χ1) is 14.9. The highest BCUT2D eigenvalue weighted by Crippen LogP contribution is 2.26. The molecule has 31 heavy (non-hydrogen) atoms. The first-order valence-electron chi connectivity index (χ1n) is 10.2. The third-order valence-corrected chi connectivity index (χ3v) is 5.28. The Kier molecular flexibility index (Phi) is 7.54. The van der Waals surface area contributed by atoms with E-state index in [9.17, 15) is 9.59 Å². The summed E-state index contributed by atoms with van der Waals surface area (Å²) in [5, 5.41) is 6.21. The molecule has 1 aliphatic rings. The molecule has 166 valence electrons. The van der Waals surface area contributed by atoms with Gasteiger partial charge in [-0.05, 0) is 31.0 Å². The highest BCUT2D eigenvalue weighted by atomic mass is 16.5. The number of fused-ring (bicyclic) bond motifs is 1. The van der Waals surface area contributed by atoms with E-state index in [-0.39, 0.29) is 29.7 Å². The van der Waals surface area contributed by atoms with Crippen molar-refractivity contribution in [3.05, 3.63) is 48.0 Å². The molecule has 0 spiro atoms. The first kappa shape index (κ1) is 22.6. The van der Waals surface area contributed by atoms with Gasteiger partial charge in [0.05, 0.1) is 17.9 Å². The van der Waals surface area contributed by atoms with Gasteiger partial charge in [0.1, 0.15) is 18.1 Å². The molecule has 0 saturated carbocycles. The van der Waals surface area contributed by atoms with Crippen LogP contribution in [0.15, 0.2) is 36.8 Å². The monoisotopic (exact) mass is 427 g/mol. The Hall–Kier alpha value is -3.04. The van der Waals surface area contributed by atoms with Gasteiger partial charge in [-0.3, -0.25) is 14.6 Å². The van der Waals surface area contributed by atoms with Crippen LogP contribution in [0.4, 0.5) is 5.69 Å². The van der Waals surface area contributed by atoms with E-state index >= 15 is 0 Å². The van der Waals surface area contributed by atoms with Crippen LogP contribution in [0.3, 0.4) is 0 Å². The summed E-state index contributed by atoms with van der Waals surface area (Å²) in [4.78, 5) is 35.2. The van der Waals surface area contributed by atoms with Gasteiger partial charge < -0.3 is 25.0 Å². The molecule has 2 aromatic rings. The summed E-state index contributed by atoms with van der Waals surface area (Å²) < 4.78 is 11.6. The number of rotatable bonds is 3. The van der Waals surface area contributed by atoms with Crippen molar-refractivity contribution in [1.29, 1.82) is 0 Å². The number of ether oxygens (including phenoxy) is 2. The molecule has 3 rings (SSSR count). The fourth-order valence-corrected chi connectivity index (χ4v) is 3.35. The predicted octanol–water partition coefficient (Wildman–Crippen LogP) is 1.82. The fourth-order valence-electron chi connectivity index (χ4n) is 3.35. The zero-order valence-electron chi connectivity index (χ0n) is 18.3. The minimum absolute atomic E-state index is 0.0936. The molecular weight excluding hydrogens is 398 g/mol. The standard InChI is InChI=1S/C22H29N5O4/c1-14-10-25-15(2)13-31-19-6-5-16(26-21(28)18-11-23-7-8-24-18)9-17(19)22(29)27(3)12-20(14)30-4/h5-9,11,14-15,20,25H,10,12-13H2,1-4H3,(H,26,28)/t14-,15-,20+/m0/s1. The molecule has 0 unspecified atom stereocenters. The summed E-state index contributed by atoms with van der Waals surface area (Å²) in [6.07, 6.45) is 4.21. The van der Waals surface area contributed by atoms with Crippen molar-refractivity contribution in [3.63, 3.8) is 0 Å². The number of aromatic nitrogens is 2. The number of amides is 2. The molecule has 2 amide bonds. The zero-order valence-corrected chi connectivity index (χ0v) is 18.3. The number of hydrogen-bond acceptors (Lipinski definition) is 7. The van der Waals surface area contributed by atoms with Crippen LogP contribution in [0.25, 0.3) is 0 Å². The van der Waals surface area contributed by atoms with Crippen molar-refractivity contribution in [3.8, 4) is 5.75 Å². The van der Waals surface area contributed by atoms with Crippen LogP contribution in [-0.2, 0) is 4.74 Å². The highest BCUT2D eigenvalue weighted by molar-refractivity contribution is 6.04. The largest absolute Gasteiger partial charge is 0.491 e. The number of nitrogens with zero attached hydrogens (tertiary/aromatic N) is 3. The summed E-state index contributed by atoms with van der Waals surface area (Å²) in [5.74, 6) is 0.0554. The summed E-state index contributed by atoms with van der Waals surface area (Å²) >= 11 is 0. The van der Waals surface area contributed by atoms with Gasteiger partial charge in [-0.1, -0.05) is 6.92 Å². The summed E-state index contributed by atoms with van der Waals surface area (Å²) in [6, 6.07) is 5.11. The molecule has 0 radical (unpaired) electrons. The lowest BCUT2D eigenvalue weighted by atomic mass is 10.0. The number of likely N-dealkylation sites (N-methyl/N-ethyl adjacent to an activating group) is 1. The second-order valence-corrected chi connectivity index (χ2v) is 7.81. The van der Waals surface area contributed by atoms with E-state index in [1.807, 2.05) is 6.92 Å². The Balaban J connectivity index is 1.88. The molecule has 0 aliphatic carbocycles. The molecule has 1 aromatic carbocycles. The van der Waals surface area contributed by atoms with E-state index in [0.717, 1.165) is 6.54 Å². The second-order valence-electron chi connectivity index (χ2n) is 7.81. The Morgan fingerprint density at radius 3 is 2.84 bits per heavy atom. The quantitative estimate of drug-likeness (QED) is 0.770. The highest BCUT2D eigenvalue weighted by Gasteiger charge is 2.25. The average molecular weight is 428 g/mol. The van der Waals surface area contributed by atoms with Gasteiger partial charge in [0.25, 0.3) is 11.8 Å². The molecule has 9 heteroatoms.